The summed E-state index contributed by atoms with van der Waals surface area (Å²) in [5.74, 6) is -0.239. The molecule has 1 saturated heterocycles. The Morgan fingerprint density at radius 1 is 1.77 bits per heavy atom. The van der Waals surface area contributed by atoms with Gasteiger partial charge in [-0.1, -0.05) is 6.92 Å². The number of nitrogens with one attached hydrogen (secondary N) is 1. The first kappa shape index (κ1) is 10.5. The molecule has 0 amide bonds. The molecular weight excluding hydrogens is 170 g/mol. The van der Waals surface area contributed by atoms with Crippen molar-refractivity contribution in [1.29, 1.82) is 0 Å². The monoisotopic (exact) mass is 187 g/mol. The van der Waals surface area contributed by atoms with Gasteiger partial charge in [-0.05, 0) is 6.42 Å². The van der Waals surface area contributed by atoms with Crippen molar-refractivity contribution >= 4 is 5.97 Å². The molecule has 1 rings (SSSR count). The molecule has 0 bridgehead atoms. The molecule has 1 aliphatic heterocycles. The number of carbonyl (C=O) groups is 1. The van der Waals surface area contributed by atoms with Crippen LogP contribution < -0.4 is 5.32 Å². The Hall–Kier alpha value is -0.610. The van der Waals surface area contributed by atoms with Gasteiger partial charge in [0.25, 0.3) is 0 Å². The minimum Gasteiger partial charge on any atom is -0.469 e. The highest BCUT2D eigenvalue weighted by atomic mass is 16.5. The summed E-state index contributed by atoms with van der Waals surface area (Å²) in [5, 5.41) is 3.27. The van der Waals surface area contributed by atoms with Gasteiger partial charge in [-0.25, -0.2) is 0 Å². The lowest BCUT2D eigenvalue weighted by atomic mass is 10.1. The molecule has 2 unspecified atom stereocenters. The van der Waals surface area contributed by atoms with Crippen LogP contribution in [-0.4, -0.2) is 38.9 Å². The fraction of sp³-hybridized carbons (Fsp3) is 0.889. The van der Waals surface area contributed by atoms with Crippen molar-refractivity contribution < 1.29 is 14.3 Å². The van der Waals surface area contributed by atoms with Gasteiger partial charge in [0.05, 0.1) is 19.6 Å². The summed E-state index contributed by atoms with van der Waals surface area (Å²) in [6.45, 7) is 4.10. The molecule has 1 heterocycles. The van der Waals surface area contributed by atoms with Gasteiger partial charge in [0.2, 0.25) is 0 Å². The number of methoxy groups -OCH3 is 1. The number of esters is 1. The van der Waals surface area contributed by atoms with Gasteiger partial charge in [-0.2, -0.15) is 0 Å². The van der Waals surface area contributed by atoms with E-state index in [-0.39, 0.29) is 11.9 Å². The van der Waals surface area contributed by atoms with Gasteiger partial charge in [0.1, 0.15) is 0 Å². The van der Waals surface area contributed by atoms with Crippen LogP contribution in [0.25, 0.3) is 0 Å². The molecule has 13 heavy (non-hydrogen) atoms. The number of carbonyl (C=O) groups excluding carboxylic acids is 1. The average Bonchev–Trinajstić information content (AvgIpc) is 2.65. The normalized spacial score (nSPS) is 24.3. The molecule has 4 nitrogen and oxygen atoms in total. The third kappa shape index (κ3) is 3.32. The van der Waals surface area contributed by atoms with E-state index in [0.29, 0.717) is 12.6 Å². The first-order valence-corrected chi connectivity index (χ1v) is 4.63. The van der Waals surface area contributed by atoms with E-state index in [1.54, 1.807) is 0 Å². The summed E-state index contributed by atoms with van der Waals surface area (Å²) in [7, 11) is 1.41. The summed E-state index contributed by atoms with van der Waals surface area (Å²) in [4.78, 5) is 11.0. The Bertz CT molecular complexity index is 166. The van der Waals surface area contributed by atoms with Crippen molar-refractivity contribution in [1.82, 2.24) is 5.32 Å². The SMILES string of the molecule is COC(=O)C(C)CNC1CCOC1. The van der Waals surface area contributed by atoms with Crippen LogP contribution in [-0.2, 0) is 14.3 Å². The second-order valence-electron chi connectivity index (χ2n) is 3.39. The quantitative estimate of drug-likeness (QED) is 0.637. The van der Waals surface area contributed by atoms with E-state index in [1.165, 1.54) is 7.11 Å². The molecule has 0 aromatic carbocycles. The number of ether oxygens (including phenoxy) is 2. The van der Waals surface area contributed by atoms with E-state index in [9.17, 15) is 4.79 Å². The maximum atomic E-state index is 11.0. The molecular formula is C9H17NO3. The highest BCUT2D eigenvalue weighted by Gasteiger charge is 2.18. The van der Waals surface area contributed by atoms with Crippen molar-refractivity contribution in [3.8, 4) is 0 Å². The van der Waals surface area contributed by atoms with Crippen LogP contribution in [0.1, 0.15) is 13.3 Å². The molecule has 0 saturated carbocycles. The fourth-order valence-electron chi connectivity index (χ4n) is 1.32. The van der Waals surface area contributed by atoms with E-state index >= 15 is 0 Å². The van der Waals surface area contributed by atoms with Crippen molar-refractivity contribution in [3.63, 3.8) is 0 Å². The Balaban J connectivity index is 2.13. The van der Waals surface area contributed by atoms with Crippen LogP contribution in [0, 0.1) is 5.92 Å². The highest BCUT2D eigenvalue weighted by molar-refractivity contribution is 5.72. The average molecular weight is 187 g/mol. The van der Waals surface area contributed by atoms with Gasteiger partial charge in [-0.3, -0.25) is 4.79 Å². The van der Waals surface area contributed by atoms with Gasteiger partial charge < -0.3 is 14.8 Å². The zero-order valence-electron chi connectivity index (χ0n) is 8.21. The lowest BCUT2D eigenvalue weighted by molar-refractivity contribution is -0.144. The van der Waals surface area contributed by atoms with Crippen molar-refractivity contribution in [2.45, 2.75) is 19.4 Å². The van der Waals surface area contributed by atoms with Crippen LogP contribution in [0.15, 0.2) is 0 Å². The van der Waals surface area contributed by atoms with E-state index in [2.05, 4.69) is 10.1 Å². The number of rotatable bonds is 4. The van der Waals surface area contributed by atoms with Crippen LogP contribution in [0.3, 0.4) is 0 Å². The zero-order valence-corrected chi connectivity index (χ0v) is 8.21. The lowest BCUT2D eigenvalue weighted by Gasteiger charge is -2.13. The Kier molecular flexibility index (Phi) is 4.18. The third-order valence-corrected chi connectivity index (χ3v) is 2.25. The minimum atomic E-state index is -0.161. The van der Waals surface area contributed by atoms with Crippen molar-refractivity contribution in [2.75, 3.05) is 26.9 Å². The molecule has 1 N–H and O–H groups in total. The minimum absolute atomic E-state index is 0.0781. The maximum absolute atomic E-state index is 11.0. The molecule has 0 aromatic rings. The predicted octanol–water partition coefficient (Wildman–Crippen LogP) is 0.174. The Morgan fingerprint density at radius 3 is 3.08 bits per heavy atom. The summed E-state index contributed by atoms with van der Waals surface area (Å²) >= 11 is 0. The standard InChI is InChI=1S/C9H17NO3/c1-7(9(11)12-2)5-10-8-3-4-13-6-8/h7-8,10H,3-6H2,1-2H3. The van der Waals surface area contributed by atoms with E-state index in [4.69, 9.17) is 4.74 Å². The Morgan fingerprint density at radius 2 is 2.54 bits per heavy atom. The zero-order chi connectivity index (χ0) is 9.68. The molecule has 2 atom stereocenters. The van der Waals surface area contributed by atoms with Crippen LogP contribution >= 0.6 is 0 Å². The first-order chi connectivity index (χ1) is 6.24. The van der Waals surface area contributed by atoms with Crippen molar-refractivity contribution in [3.05, 3.63) is 0 Å². The lowest BCUT2D eigenvalue weighted by Crippen LogP contribution is -2.35. The summed E-state index contributed by atoms with van der Waals surface area (Å²) in [6, 6.07) is 0.409. The summed E-state index contributed by atoms with van der Waals surface area (Å²) in [6.07, 6.45) is 1.04. The first-order valence-electron chi connectivity index (χ1n) is 4.63. The second kappa shape index (κ2) is 5.19. The van der Waals surface area contributed by atoms with E-state index < -0.39 is 0 Å². The van der Waals surface area contributed by atoms with Gasteiger partial charge in [0, 0.05) is 19.2 Å². The Labute approximate surface area is 78.6 Å². The molecule has 0 spiro atoms. The van der Waals surface area contributed by atoms with E-state index in [0.717, 1.165) is 19.6 Å². The van der Waals surface area contributed by atoms with Crippen molar-refractivity contribution in [2.24, 2.45) is 5.92 Å². The predicted molar refractivity (Wildman–Crippen MR) is 48.4 cm³/mol. The topological polar surface area (TPSA) is 47.6 Å². The smallest absolute Gasteiger partial charge is 0.309 e. The van der Waals surface area contributed by atoms with E-state index in [1.807, 2.05) is 6.92 Å². The third-order valence-electron chi connectivity index (χ3n) is 2.25. The number of hydrogen-bond donors (Lipinski definition) is 1. The molecule has 1 aliphatic rings. The number of hydrogen-bond acceptors (Lipinski definition) is 4. The van der Waals surface area contributed by atoms with Gasteiger partial charge in [-0.15, -0.1) is 0 Å². The van der Waals surface area contributed by atoms with Crippen LogP contribution in [0.2, 0.25) is 0 Å². The summed E-state index contributed by atoms with van der Waals surface area (Å²) < 4.78 is 9.81. The van der Waals surface area contributed by atoms with Crippen LogP contribution in [0.5, 0.6) is 0 Å². The second-order valence-corrected chi connectivity index (χ2v) is 3.39. The largest absolute Gasteiger partial charge is 0.469 e. The fourth-order valence-corrected chi connectivity index (χ4v) is 1.32. The molecule has 1 fully saturated rings. The maximum Gasteiger partial charge on any atom is 0.309 e. The molecule has 0 aliphatic carbocycles. The molecule has 0 aromatic heterocycles. The van der Waals surface area contributed by atoms with Gasteiger partial charge >= 0.3 is 5.97 Å². The summed E-state index contributed by atoms with van der Waals surface area (Å²) in [5.41, 5.74) is 0. The highest BCUT2D eigenvalue weighted by Crippen LogP contribution is 2.04. The molecule has 0 radical (unpaired) electrons. The van der Waals surface area contributed by atoms with Gasteiger partial charge in [0.15, 0.2) is 0 Å². The molecule has 4 heteroatoms. The molecule has 76 valence electrons. The van der Waals surface area contributed by atoms with Crippen LogP contribution in [0.4, 0.5) is 0 Å².